The van der Waals surface area contributed by atoms with E-state index >= 15 is 0 Å². The predicted octanol–water partition coefficient (Wildman–Crippen LogP) is 3.66. The van der Waals surface area contributed by atoms with Crippen LogP contribution in [0.5, 0.6) is 5.75 Å². The predicted molar refractivity (Wildman–Crippen MR) is 128 cm³/mol. The quantitative estimate of drug-likeness (QED) is 0.470. The first kappa shape index (κ1) is 21.8. The lowest BCUT2D eigenvalue weighted by atomic mass is 10.1. The van der Waals surface area contributed by atoms with E-state index in [-0.39, 0.29) is 18.4 Å². The van der Waals surface area contributed by atoms with Gasteiger partial charge in [-0.2, -0.15) is 0 Å². The Morgan fingerprint density at radius 2 is 1.91 bits per heavy atom. The number of nitrogens with zero attached hydrogens (tertiary/aromatic N) is 2. The first-order valence-corrected chi connectivity index (χ1v) is 11.3. The van der Waals surface area contributed by atoms with Gasteiger partial charge in [0.05, 0.1) is 12.6 Å². The number of carbonyl (C=O) groups excluding carboxylic acids is 2. The molecule has 1 saturated heterocycles. The summed E-state index contributed by atoms with van der Waals surface area (Å²) in [4.78, 5) is 43.0. The van der Waals surface area contributed by atoms with Crippen molar-refractivity contribution in [3.05, 3.63) is 58.2 Å². The van der Waals surface area contributed by atoms with Gasteiger partial charge < -0.3 is 24.4 Å². The lowest BCUT2D eigenvalue weighted by molar-refractivity contribution is -0.132. The third kappa shape index (κ3) is 4.05. The fourth-order valence-electron chi connectivity index (χ4n) is 4.49. The lowest BCUT2D eigenvalue weighted by Crippen LogP contribution is -2.39. The summed E-state index contributed by atoms with van der Waals surface area (Å²) in [5, 5.41) is 3.79. The number of anilines is 1. The Labute approximate surface area is 195 Å². The Balaban J connectivity index is 1.40. The van der Waals surface area contributed by atoms with Crippen molar-refractivity contribution in [1.29, 1.82) is 0 Å². The molecule has 2 aromatic carbocycles. The van der Waals surface area contributed by atoms with Crippen molar-refractivity contribution >= 4 is 39.5 Å². The number of oxazole rings is 1. The largest absolute Gasteiger partial charge is 0.497 e. The van der Waals surface area contributed by atoms with Gasteiger partial charge >= 0.3 is 5.76 Å². The van der Waals surface area contributed by atoms with Gasteiger partial charge in [-0.1, -0.05) is 0 Å². The number of ether oxygens (including phenoxy) is 1. The summed E-state index contributed by atoms with van der Waals surface area (Å²) < 4.78 is 11.9. The zero-order valence-corrected chi connectivity index (χ0v) is 19.1. The summed E-state index contributed by atoms with van der Waals surface area (Å²) in [5.74, 6) is -0.316. The molecule has 2 aromatic heterocycles. The van der Waals surface area contributed by atoms with Gasteiger partial charge in [0, 0.05) is 35.7 Å². The van der Waals surface area contributed by atoms with Crippen molar-refractivity contribution in [3.63, 3.8) is 0 Å². The minimum Gasteiger partial charge on any atom is -0.497 e. The van der Waals surface area contributed by atoms with Crippen LogP contribution in [-0.4, -0.2) is 46.5 Å². The van der Waals surface area contributed by atoms with Gasteiger partial charge in [0.15, 0.2) is 5.58 Å². The van der Waals surface area contributed by atoms with Crippen molar-refractivity contribution in [3.8, 4) is 5.75 Å². The minimum atomic E-state index is -0.594. The average Bonchev–Trinajstić information content (AvgIpc) is 3.41. The fourth-order valence-corrected chi connectivity index (χ4v) is 4.49. The van der Waals surface area contributed by atoms with Crippen LogP contribution in [0.25, 0.3) is 22.0 Å². The van der Waals surface area contributed by atoms with Gasteiger partial charge in [0.2, 0.25) is 5.91 Å². The molecule has 176 valence electrons. The molecule has 34 heavy (non-hydrogen) atoms. The number of piperidine rings is 1. The minimum absolute atomic E-state index is 0.0909. The third-order valence-electron chi connectivity index (χ3n) is 6.33. The number of hydrogen-bond donors (Lipinski definition) is 2. The standard InChI is InChI=1S/C25H26N4O5/c1-15-10-17(33-2)12-19-18(15)13-20(27-19)24(31)26-16-6-7-22-21(11-16)29(25(32)34-22)14-23(30)28-8-4-3-5-9-28/h6-7,10-13,27H,3-5,8-9,14H2,1-2H3,(H,26,31). The summed E-state index contributed by atoms with van der Waals surface area (Å²) >= 11 is 0. The number of aromatic amines is 1. The van der Waals surface area contributed by atoms with Crippen LogP contribution >= 0.6 is 0 Å². The molecular weight excluding hydrogens is 436 g/mol. The molecule has 9 nitrogen and oxygen atoms in total. The Hall–Kier alpha value is -4.01. The summed E-state index contributed by atoms with van der Waals surface area (Å²) in [6.45, 7) is 3.28. The second-order valence-corrected chi connectivity index (χ2v) is 8.62. The van der Waals surface area contributed by atoms with E-state index in [1.807, 2.05) is 19.1 Å². The molecule has 1 aliphatic heterocycles. The van der Waals surface area contributed by atoms with Crippen molar-refractivity contribution < 1.29 is 18.7 Å². The van der Waals surface area contributed by atoms with Crippen LogP contribution in [0.3, 0.4) is 0 Å². The smallest absolute Gasteiger partial charge is 0.420 e. The van der Waals surface area contributed by atoms with E-state index in [1.165, 1.54) is 4.57 Å². The molecule has 1 aliphatic rings. The van der Waals surface area contributed by atoms with Crippen LogP contribution in [-0.2, 0) is 11.3 Å². The molecule has 0 saturated carbocycles. The number of aryl methyl sites for hydroxylation is 1. The van der Waals surface area contributed by atoms with E-state index in [2.05, 4.69) is 10.3 Å². The van der Waals surface area contributed by atoms with Gasteiger partial charge in [-0.15, -0.1) is 0 Å². The second kappa shape index (κ2) is 8.74. The summed E-state index contributed by atoms with van der Waals surface area (Å²) in [6.07, 6.45) is 3.07. The first-order chi connectivity index (χ1) is 16.4. The SMILES string of the molecule is COc1cc(C)c2cc(C(=O)Nc3ccc4oc(=O)n(CC(=O)N5CCCCC5)c4c3)[nH]c2c1. The third-order valence-corrected chi connectivity index (χ3v) is 6.33. The number of carbonyl (C=O) groups is 2. The highest BCUT2D eigenvalue weighted by Crippen LogP contribution is 2.26. The van der Waals surface area contributed by atoms with E-state index in [0.29, 0.717) is 41.3 Å². The molecule has 1 fully saturated rings. The van der Waals surface area contributed by atoms with Crippen molar-refractivity contribution in [2.45, 2.75) is 32.7 Å². The maximum Gasteiger partial charge on any atom is 0.420 e. The normalized spacial score (nSPS) is 14.0. The van der Waals surface area contributed by atoms with Crippen LogP contribution in [0.4, 0.5) is 5.69 Å². The number of fused-ring (bicyclic) bond motifs is 2. The number of H-pyrrole nitrogens is 1. The van der Waals surface area contributed by atoms with Crippen LogP contribution < -0.4 is 15.8 Å². The van der Waals surface area contributed by atoms with Gasteiger partial charge in [-0.3, -0.25) is 14.2 Å². The summed E-state index contributed by atoms with van der Waals surface area (Å²) in [6, 6.07) is 10.5. The van der Waals surface area contributed by atoms with Gasteiger partial charge in [-0.05, 0) is 62.1 Å². The Kier molecular flexibility index (Phi) is 5.61. The molecule has 0 unspecified atom stereocenters. The monoisotopic (exact) mass is 462 g/mol. The first-order valence-electron chi connectivity index (χ1n) is 11.3. The second-order valence-electron chi connectivity index (χ2n) is 8.62. The molecule has 2 N–H and O–H groups in total. The molecule has 2 amide bonds. The number of rotatable bonds is 5. The molecule has 0 bridgehead atoms. The van der Waals surface area contributed by atoms with E-state index in [9.17, 15) is 14.4 Å². The summed E-state index contributed by atoms with van der Waals surface area (Å²) in [5.41, 5.74) is 3.51. The maximum absolute atomic E-state index is 12.9. The number of nitrogens with one attached hydrogen (secondary N) is 2. The molecule has 0 atom stereocenters. The summed E-state index contributed by atoms with van der Waals surface area (Å²) in [7, 11) is 1.60. The van der Waals surface area contributed by atoms with Crippen molar-refractivity contribution in [2.75, 3.05) is 25.5 Å². The highest BCUT2D eigenvalue weighted by molar-refractivity contribution is 6.07. The Morgan fingerprint density at radius 1 is 1.12 bits per heavy atom. The number of likely N-dealkylation sites (tertiary alicyclic amines) is 1. The van der Waals surface area contributed by atoms with E-state index in [1.54, 1.807) is 36.3 Å². The Morgan fingerprint density at radius 3 is 2.68 bits per heavy atom. The lowest BCUT2D eigenvalue weighted by Gasteiger charge is -2.26. The number of aromatic nitrogens is 2. The topological polar surface area (TPSA) is 110 Å². The molecule has 0 radical (unpaired) electrons. The highest BCUT2D eigenvalue weighted by atomic mass is 16.5. The number of hydrogen-bond acceptors (Lipinski definition) is 5. The van der Waals surface area contributed by atoms with Crippen molar-refractivity contribution in [2.24, 2.45) is 0 Å². The zero-order chi connectivity index (χ0) is 23.8. The Bertz CT molecular complexity index is 1460. The number of amides is 2. The average molecular weight is 463 g/mol. The van der Waals surface area contributed by atoms with E-state index in [4.69, 9.17) is 9.15 Å². The van der Waals surface area contributed by atoms with Gasteiger partial charge in [0.1, 0.15) is 18.0 Å². The van der Waals surface area contributed by atoms with Crippen LogP contribution in [0.2, 0.25) is 0 Å². The number of benzene rings is 2. The van der Waals surface area contributed by atoms with E-state index in [0.717, 1.165) is 35.7 Å². The molecule has 0 spiro atoms. The molecule has 4 aromatic rings. The maximum atomic E-state index is 12.9. The molecule has 5 rings (SSSR count). The number of methoxy groups -OCH3 is 1. The zero-order valence-electron chi connectivity index (χ0n) is 19.1. The fraction of sp³-hybridized carbons (Fsp3) is 0.320. The molecular formula is C25H26N4O5. The molecule has 9 heteroatoms. The van der Waals surface area contributed by atoms with Gasteiger partial charge in [-0.25, -0.2) is 4.79 Å². The highest BCUT2D eigenvalue weighted by Gasteiger charge is 2.20. The van der Waals surface area contributed by atoms with Crippen LogP contribution in [0.15, 0.2) is 45.6 Å². The van der Waals surface area contributed by atoms with Crippen LogP contribution in [0.1, 0.15) is 35.3 Å². The van der Waals surface area contributed by atoms with E-state index < -0.39 is 5.76 Å². The molecule has 3 heterocycles. The van der Waals surface area contributed by atoms with Crippen LogP contribution in [0, 0.1) is 6.92 Å². The van der Waals surface area contributed by atoms with Crippen molar-refractivity contribution in [1.82, 2.24) is 14.5 Å². The molecule has 0 aliphatic carbocycles. The van der Waals surface area contributed by atoms with Gasteiger partial charge in [0.25, 0.3) is 5.91 Å².